The number of nitrogens with one attached hydrogen (secondary N) is 2. The Balaban J connectivity index is 1.98. The number of hydrogen-bond acceptors (Lipinski definition) is 5. The van der Waals surface area contributed by atoms with Crippen LogP contribution in [0.1, 0.15) is 29.2 Å². The number of rotatable bonds is 3. The number of hydrogen-bond donors (Lipinski definition) is 2. The minimum absolute atomic E-state index is 0.0773. The van der Waals surface area contributed by atoms with Crippen LogP contribution in [0.4, 0.5) is 5.82 Å². The molecule has 0 saturated heterocycles. The minimum atomic E-state index is -0.125. The molecule has 0 spiro atoms. The van der Waals surface area contributed by atoms with Crippen LogP contribution in [0.25, 0.3) is 10.2 Å². The van der Waals surface area contributed by atoms with E-state index in [0.29, 0.717) is 11.2 Å². The highest BCUT2D eigenvalue weighted by atomic mass is 32.1. The summed E-state index contributed by atoms with van der Waals surface area (Å²) in [5.74, 6) is 1.38. The monoisotopic (exact) mass is 303 g/mol. The molecule has 0 amide bonds. The molecular formula is C14H17N5OS. The molecule has 2 N–H and O–H groups in total. The van der Waals surface area contributed by atoms with Crippen molar-refractivity contribution in [2.24, 2.45) is 7.05 Å². The second-order valence-corrected chi connectivity index (χ2v) is 6.36. The van der Waals surface area contributed by atoms with Gasteiger partial charge in [0.2, 0.25) is 0 Å². The lowest BCUT2D eigenvalue weighted by Crippen LogP contribution is -2.17. The fourth-order valence-electron chi connectivity index (χ4n) is 2.26. The second-order valence-electron chi connectivity index (χ2n) is 5.16. The Morgan fingerprint density at radius 1 is 1.43 bits per heavy atom. The Labute approximate surface area is 125 Å². The number of aryl methyl sites for hydroxylation is 3. The highest BCUT2D eigenvalue weighted by Crippen LogP contribution is 2.26. The van der Waals surface area contributed by atoms with Crippen LogP contribution < -0.4 is 10.9 Å². The van der Waals surface area contributed by atoms with Crippen LogP contribution in [0.2, 0.25) is 0 Å². The average Bonchev–Trinajstić information content (AvgIpc) is 2.94. The van der Waals surface area contributed by atoms with E-state index in [4.69, 9.17) is 0 Å². The van der Waals surface area contributed by atoms with Crippen LogP contribution in [0.15, 0.2) is 17.1 Å². The third kappa shape index (κ3) is 2.44. The third-order valence-electron chi connectivity index (χ3n) is 3.55. The Bertz CT molecular complexity index is 860. The van der Waals surface area contributed by atoms with Gasteiger partial charge in [0.15, 0.2) is 0 Å². The van der Waals surface area contributed by atoms with Crippen LogP contribution in [0.3, 0.4) is 0 Å². The average molecular weight is 303 g/mol. The molecule has 21 heavy (non-hydrogen) atoms. The summed E-state index contributed by atoms with van der Waals surface area (Å²) in [6.45, 7) is 5.92. The van der Waals surface area contributed by atoms with Gasteiger partial charge in [-0.25, -0.2) is 4.98 Å². The molecule has 0 bridgehead atoms. The van der Waals surface area contributed by atoms with E-state index in [2.05, 4.69) is 20.4 Å². The molecule has 0 aliphatic carbocycles. The van der Waals surface area contributed by atoms with Crippen molar-refractivity contribution < 1.29 is 0 Å². The number of thiophene rings is 1. The lowest BCUT2D eigenvalue weighted by molar-refractivity contribution is 0.746. The molecule has 7 heteroatoms. The fraction of sp³-hybridized carbons (Fsp3) is 0.357. The number of nitrogens with zero attached hydrogens (tertiary/aromatic N) is 3. The molecule has 6 nitrogen and oxygen atoms in total. The molecule has 0 aliphatic heterocycles. The first-order chi connectivity index (χ1) is 9.95. The summed E-state index contributed by atoms with van der Waals surface area (Å²) >= 11 is 1.56. The van der Waals surface area contributed by atoms with Gasteiger partial charge in [0, 0.05) is 24.2 Å². The lowest BCUT2D eigenvalue weighted by atomic mass is 10.2. The molecule has 0 fully saturated rings. The van der Waals surface area contributed by atoms with Crippen molar-refractivity contribution in [2.45, 2.75) is 26.8 Å². The summed E-state index contributed by atoms with van der Waals surface area (Å²) in [7, 11) is 1.86. The van der Waals surface area contributed by atoms with Gasteiger partial charge in [0.25, 0.3) is 5.56 Å². The maximum absolute atomic E-state index is 12.3. The minimum Gasteiger partial charge on any atom is -0.359 e. The van der Waals surface area contributed by atoms with Crippen molar-refractivity contribution in [3.05, 3.63) is 38.9 Å². The second kappa shape index (κ2) is 5.00. The van der Waals surface area contributed by atoms with E-state index >= 15 is 0 Å². The van der Waals surface area contributed by atoms with Gasteiger partial charge in [-0.3, -0.25) is 9.48 Å². The summed E-state index contributed by atoms with van der Waals surface area (Å²) in [5, 5.41) is 8.20. The molecule has 3 aromatic rings. The highest BCUT2D eigenvalue weighted by molar-refractivity contribution is 7.18. The van der Waals surface area contributed by atoms with E-state index in [1.807, 2.05) is 40.1 Å². The highest BCUT2D eigenvalue weighted by Gasteiger charge is 2.15. The van der Waals surface area contributed by atoms with Crippen LogP contribution in [0, 0.1) is 13.8 Å². The van der Waals surface area contributed by atoms with Crippen molar-refractivity contribution in [3.8, 4) is 0 Å². The molecule has 1 atom stereocenters. The first-order valence-electron chi connectivity index (χ1n) is 6.72. The van der Waals surface area contributed by atoms with Crippen molar-refractivity contribution in [3.63, 3.8) is 0 Å². The first-order valence-corrected chi connectivity index (χ1v) is 7.53. The molecule has 3 aromatic heterocycles. The first kappa shape index (κ1) is 13.8. The van der Waals surface area contributed by atoms with E-state index in [-0.39, 0.29) is 11.6 Å². The summed E-state index contributed by atoms with van der Waals surface area (Å²) in [5.41, 5.74) is 0.937. The Hall–Kier alpha value is -2.15. The lowest BCUT2D eigenvalue weighted by Gasteiger charge is -2.12. The Morgan fingerprint density at radius 3 is 2.86 bits per heavy atom. The summed E-state index contributed by atoms with van der Waals surface area (Å²) < 4.78 is 1.72. The van der Waals surface area contributed by atoms with E-state index in [1.54, 1.807) is 16.0 Å². The largest absolute Gasteiger partial charge is 0.359 e. The van der Waals surface area contributed by atoms with Crippen molar-refractivity contribution in [2.75, 3.05) is 5.32 Å². The zero-order valence-corrected chi connectivity index (χ0v) is 13.2. The number of fused-ring (bicyclic) bond motifs is 1. The quantitative estimate of drug-likeness (QED) is 0.779. The maximum Gasteiger partial charge on any atom is 0.259 e. The summed E-state index contributed by atoms with van der Waals surface area (Å²) in [4.78, 5) is 21.6. The molecular weight excluding hydrogens is 286 g/mol. The van der Waals surface area contributed by atoms with Gasteiger partial charge < -0.3 is 10.3 Å². The van der Waals surface area contributed by atoms with Crippen LogP contribution in [-0.2, 0) is 7.05 Å². The van der Waals surface area contributed by atoms with E-state index in [9.17, 15) is 4.79 Å². The number of aromatic nitrogens is 4. The third-order valence-corrected chi connectivity index (χ3v) is 4.65. The molecule has 1 unspecified atom stereocenters. The molecule has 0 radical (unpaired) electrons. The van der Waals surface area contributed by atoms with Gasteiger partial charge in [-0.1, -0.05) is 0 Å². The Morgan fingerprint density at radius 2 is 2.19 bits per heavy atom. The normalized spacial score (nSPS) is 12.8. The van der Waals surface area contributed by atoms with Gasteiger partial charge in [-0.2, -0.15) is 5.10 Å². The smallest absolute Gasteiger partial charge is 0.259 e. The topological polar surface area (TPSA) is 75.6 Å². The van der Waals surface area contributed by atoms with Crippen molar-refractivity contribution in [1.82, 2.24) is 19.7 Å². The van der Waals surface area contributed by atoms with Crippen LogP contribution in [0.5, 0.6) is 0 Å². The molecule has 0 saturated carbocycles. The van der Waals surface area contributed by atoms with E-state index in [1.165, 1.54) is 0 Å². The van der Waals surface area contributed by atoms with Gasteiger partial charge in [-0.05, 0) is 26.3 Å². The molecule has 3 heterocycles. The predicted molar refractivity (Wildman–Crippen MR) is 85.0 cm³/mol. The standard InChI is InChI=1S/C14H17N5OS/c1-7-9(3)21-14-11(7)13(20)16-12(17-14)8(2)15-10-5-6-19(4)18-10/h5-6,8H,1-4H3,(H,15,18)(H,16,17,20). The van der Waals surface area contributed by atoms with Crippen LogP contribution in [-0.4, -0.2) is 19.7 Å². The molecule has 0 aromatic carbocycles. The zero-order chi connectivity index (χ0) is 15.1. The van der Waals surface area contributed by atoms with Gasteiger partial charge in [0.1, 0.15) is 16.5 Å². The summed E-state index contributed by atoms with van der Waals surface area (Å²) in [6.07, 6.45) is 1.86. The zero-order valence-electron chi connectivity index (χ0n) is 12.4. The predicted octanol–water partition coefficient (Wildman–Crippen LogP) is 2.51. The number of aromatic amines is 1. The van der Waals surface area contributed by atoms with E-state index in [0.717, 1.165) is 21.1 Å². The van der Waals surface area contributed by atoms with Gasteiger partial charge in [0.05, 0.1) is 11.4 Å². The molecule has 3 rings (SSSR count). The number of anilines is 1. The van der Waals surface area contributed by atoms with Crippen molar-refractivity contribution >= 4 is 27.4 Å². The van der Waals surface area contributed by atoms with Crippen LogP contribution >= 0.6 is 11.3 Å². The fourth-order valence-corrected chi connectivity index (χ4v) is 3.30. The summed E-state index contributed by atoms with van der Waals surface area (Å²) in [6, 6.07) is 1.76. The SMILES string of the molecule is Cc1sc2nc(C(C)Nc3ccn(C)n3)[nH]c(=O)c2c1C. The maximum atomic E-state index is 12.3. The van der Waals surface area contributed by atoms with Crippen molar-refractivity contribution in [1.29, 1.82) is 0 Å². The molecule has 0 aliphatic rings. The van der Waals surface area contributed by atoms with Gasteiger partial charge >= 0.3 is 0 Å². The number of H-pyrrole nitrogens is 1. The molecule has 110 valence electrons. The Kier molecular flexibility index (Phi) is 3.29. The van der Waals surface area contributed by atoms with Gasteiger partial charge in [-0.15, -0.1) is 11.3 Å². The van der Waals surface area contributed by atoms with E-state index < -0.39 is 0 Å².